The van der Waals surface area contributed by atoms with Crippen molar-refractivity contribution in [1.29, 1.82) is 0 Å². The average molecular weight is 778 g/mol. The largest absolute Gasteiger partial charge is 0.466 e. The van der Waals surface area contributed by atoms with Gasteiger partial charge in [0.2, 0.25) is 11.6 Å². The Balaban J connectivity index is 1.92. The zero-order valence-electron chi connectivity index (χ0n) is 30.8. The molecule has 298 valence electrons. The molecule has 0 spiro atoms. The Labute approximate surface area is 307 Å². The first-order chi connectivity index (χ1) is 24.9. The summed E-state index contributed by atoms with van der Waals surface area (Å²) in [5.74, 6) is -7.32. The Bertz CT molecular complexity index is 1840. The minimum absolute atomic E-state index is 0.143. The lowest BCUT2D eigenvalue weighted by Crippen LogP contribution is -2.59. The van der Waals surface area contributed by atoms with Gasteiger partial charge in [-0.25, -0.2) is 13.2 Å². The third-order valence-electron chi connectivity index (χ3n) is 9.91. The first-order valence-corrected chi connectivity index (χ1v) is 17.5. The van der Waals surface area contributed by atoms with Gasteiger partial charge in [0.25, 0.3) is 5.56 Å². The summed E-state index contributed by atoms with van der Waals surface area (Å²) in [5, 5.41) is 2.10. The number of nitrogens with one attached hydrogen (secondary N) is 1. The Hall–Kier alpha value is -4.08. The van der Waals surface area contributed by atoms with Crippen molar-refractivity contribution in [1.82, 2.24) is 14.8 Å². The van der Waals surface area contributed by atoms with Crippen LogP contribution >= 0.6 is 0 Å². The fourth-order valence-electron chi connectivity index (χ4n) is 7.15. The van der Waals surface area contributed by atoms with E-state index >= 15 is 13.2 Å². The maximum Gasteiger partial charge on any atom is 0.427 e. The number of nitrogens with zero attached hydrogens (tertiary/aromatic N) is 2. The Morgan fingerprint density at radius 1 is 1.04 bits per heavy atom. The molecule has 1 aromatic heterocycles. The number of pyridine rings is 1. The van der Waals surface area contributed by atoms with Gasteiger partial charge in [-0.1, -0.05) is 18.2 Å². The predicted octanol–water partition coefficient (Wildman–Crippen LogP) is 8.08. The molecule has 1 N–H and O–H groups in total. The fraction of sp³-hybridized carbons (Fsp3) is 0.553. The van der Waals surface area contributed by atoms with Crippen LogP contribution in [0.25, 0.3) is 5.57 Å². The van der Waals surface area contributed by atoms with Crippen molar-refractivity contribution < 1.29 is 53.8 Å². The average Bonchev–Trinajstić information content (AvgIpc) is 3.00. The molecular weight excluding hydrogens is 733 g/mol. The molecule has 4 atom stereocenters. The lowest BCUT2D eigenvalue weighted by atomic mass is 9.70. The zero-order chi connectivity index (χ0) is 40.6. The standard InChI is InChI=1S/C38H44F9N3O4/c1-7-54-30(52)18-27(32-33(39)25(31-21(2)10-8-11-22(31)3)16-23(4)36(32,41)38(45,46)47)48-34(53)28(19-35(5,6)40)50-20-24(12-15-49-13-9-14-49)26(17-29(50)51)37(42,43)44/h8,10-11,16-17,20,27-28,32H,7,9,12-15,18-19H2,1-6H3,(H,48,53)/t27-,28?,32?,36?/m0/s1. The number of hydrogen-bond acceptors (Lipinski definition) is 5. The minimum Gasteiger partial charge on any atom is -0.466 e. The molecule has 2 aliphatic rings. The number of halogens is 9. The number of aryl methyl sites for hydroxylation is 2. The van der Waals surface area contributed by atoms with Crippen LogP contribution in [0, 0.1) is 19.8 Å². The van der Waals surface area contributed by atoms with E-state index in [2.05, 4.69) is 5.32 Å². The van der Waals surface area contributed by atoms with Gasteiger partial charge in [-0.3, -0.25) is 14.4 Å². The molecule has 1 fully saturated rings. The molecule has 1 aliphatic carbocycles. The molecule has 1 aromatic carbocycles. The summed E-state index contributed by atoms with van der Waals surface area (Å²) >= 11 is 0. The summed E-state index contributed by atoms with van der Waals surface area (Å²) in [6.07, 6.45) is -10.8. The Morgan fingerprint density at radius 3 is 2.15 bits per heavy atom. The maximum atomic E-state index is 16.9. The number of alkyl halides is 8. The number of aromatic nitrogens is 1. The van der Waals surface area contributed by atoms with Crippen LogP contribution < -0.4 is 10.9 Å². The number of hydrogen-bond donors (Lipinski definition) is 1. The number of allylic oxidation sites excluding steroid dienone is 3. The van der Waals surface area contributed by atoms with Crippen molar-refractivity contribution in [2.24, 2.45) is 5.92 Å². The number of amides is 1. The molecule has 0 saturated carbocycles. The number of esters is 1. The Morgan fingerprint density at radius 2 is 1.65 bits per heavy atom. The molecule has 54 heavy (non-hydrogen) atoms. The molecule has 2 heterocycles. The number of ether oxygens (including phenoxy) is 1. The van der Waals surface area contributed by atoms with Crippen molar-refractivity contribution in [3.8, 4) is 0 Å². The highest BCUT2D eigenvalue weighted by Crippen LogP contribution is 2.54. The smallest absolute Gasteiger partial charge is 0.427 e. The van der Waals surface area contributed by atoms with Crippen molar-refractivity contribution >= 4 is 17.4 Å². The topological polar surface area (TPSA) is 80.6 Å². The van der Waals surface area contributed by atoms with Gasteiger partial charge in [0.05, 0.1) is 30.6 Å². The molecule has 16 heteroatoms. The molecule has 7 nitrogen and oxygen atoms in total. The van der Waals surface area contributed by atoms with E-state index in [4.69, 9.17) is 4.74 Å². The number of carbonyl (C=O) groups is 2. The van der Waals surface area contributed by atoms with Crippen LogP contribution in [0.1, 0.15) is 80.8 Å². The summed E-state index contributed by atoms with van der Waals surface area (Å²) < 4.78 is 142. The van der Waals surface area contributed by atoms with E-state index in [0.29, 0.717) is 28.8 Å². The lowest BCUT2D eigenvalue weighted by Gasteiger charge is -2.43. The summed E-state index contributed by atoms with van der Waals surface area (Å²) in [7, 11) is 0. The van der Waals surface area contributed by atoms with Crippen molar-refractivity contribution in [3.63, 3.8) is 0 Å². The third-order valence-corrected chi connectivity index (χ3v) is 9.91. The fourth-order valence-corrected chi connectivity index (χ4v) is 7.15. The highest BCUT2D eigenvalue weighted by Gasteiger charge is 2.66. The molecule has 1 amide bonds. The van der Waals surface area contributed by atoms with Crippen molar-refractivity contribution in [2.75, 3.05) is 26.2 Å². The summed E-state index contributed by atoms with van der Waals surface area (Å²) in [6, 6.07) is 0.572. The monoisotopic (exact) mass is 777 g/mol. The number of rotatable bonds is 13. The van der Waals surface area contributed by atoms with Crippen molar-refractivity contribution in [3.05, 3.63) is 86.1 Å². The SMILES string of the molecule is CCOC(=O)C[C@H](NC(=O)C(CC(C)(C)F)n1cc(CCN2CCC2)c(C(F)(F)F)cc1=O)C1C(F)=C(c2c(C)cccc2C)C=C(C)C1(F)C(F)(F)F. The minimum atomic E-state index is -5.81. The Kier molecular flexibility index (Phi) is 12.6. The molecule has 0 bridgehead atoms. The predicted molar refractivity (Wildman–Crippen MR) is 184 cm³/mol. The van der Waals surface area contributed by atoms with Gasteiger partial charge in [0.1, 0.15) is 17.5 Å². The highest BCUT2D eigenvalue weighted by atomic mass is 19.4. The van der Waals surface area contributed by atoms with Crippen LogP contribution in [-0.2, 0) is 26.9 Å². The van der Waals surface area contributed by atoms with E-state index in [0.717, 1.165) is 39.5 Å². The van der Waals surface area contributed by atoms with Gasteiger partial charge in [0, 0.05) is 30.8 Å². The van der Waals surface area contributed by atoms with Crippen LogP contribution in [0.3, 0.4) is 0 Å². The van der Waals surface area contributed by atoms with Gasteiger partial charge in [-0.05, 0) is 101 Å². The van der Waals surface area contributed by atoms with E-state index in [-0.39, 0.29) is 31.2 Å². The number of benzene rings is 1. The van der Waals surface area contributed by atoms with Gasteiger partial charge >= 0.3 is 18.3 Å². The van der Waals surface area contributed by atoms with Gasteiger partial charge in [0.15, 0.2) is 0 Å². The molecule has 3 unspecified atom stereocenters. The second-order valence-corrected chi connectivity index (χ2v) is 14.5. The second kappa shape index (κ2) is 16.0. The molecular formula is C38H44F9N3O4. The normalized spacial score (nSPS) is 20.9. The van der Waals surface area contributed by atoms with E-state index in [1.165, 1.54) is 6.92 Å². The van der Waals surface area contributed by atoms with Crippen LogP contribution in [0.15, 0.2) is 52.7 Å². The second-order valence-electron chi connectivity index (χ2n) is 14.5. The van der Waals surface area contributed by atoms with E-state index in [1.807, 2.05) is 4.90 Å². The highest BCUT2D eigenvalue weighted by molar-refractivity contribution is 5.84. The van der Waals surface area contributed by atoms with Crippen LogP contribution in [0.5, 0.6) is 0 Å². The molecule has 2 aromatic rings. The number of likely N-dealkylation sites (tertiary alicyclic amines) is 1. The van der Waals surface area contributed by atoms with Gasteiger partial charge < -0.3 is 19.5 Å². The zero-order valence-corrected chi connectivity index (χ0v) is 30.8. The quantitative estimate of drug-likeness (QED) is 0.165. The van der Waals surface area contributed by atoms with E-state index in [1.54, 1.807) is 32.0 Å². The van der Waals surface area contributed by atoms with Crippen LogP contribution in [0.2, 0.25) is 0 Å². The lowest BCUT2D eigenvalue weighted by molar-refractivity contribution is -0.234. The van der Waals surface area contributed by atoms with Crippen molar-refractivity contribution in [2.45, 2.75) is 103 Å². The first-order valence-electron chi connectivity index (χ1n) is 17.5. The maximum absolute atomic E-state index is 16.9. The summed E-state index contributed by atoms with van der Waals surface area (Å²) in [6.45, 7) is 8.38. The van der Waals surface area contributed by atoms with E-state index in [9.17, 15) is 40.7 Å². The molecule has 0 radical (unpaired) electrons. The first kappa shape index (κ1) is 42.7. The molecule has 1 saturated heterocycles. The number of carbonyl (C=O) groups excluding carboxylic acids is 2. The third kappa shape index (κ3) is 9.06. The summed E-state index contributed by atoms with van der Waals surface area (Å²) in [4.78, 5) is 42.3. The van der Waals surface area contributed by atoms with Crippen LogP contribution in [-0.4, -0.2) is 71.1 Å². The molecule has 1 aliphatic heterocycles. The molecule has 4 rings (SSSR count). The van der Waals surface area contributed by atoms with E-state index < -0.39 is 100 Å². The van der Waals surface area contributed by atoms with Gasteiger partial charge in [-0.2, -0.15) is 26.3 Å². The van der Waals surface area contributed by atoms with Crippen LogP contribution in [0.4, 0.5) is 39.5 Å². The summed E-state index contributed by atoms with van der Waals surface area (Å²) in [5.41, 5.74) is -10.4. The van der Waals surface area contributed by atoms with Gasteiger partial charge in [-0.15, -0.1) is 0 Å².